The van der Waals surface area contributed by atoms with Crippen LogP contribution in [0.25, 0.3) is 0 Å². The number of rotatable bonds is 6. The molecule has 0 radical (unpaired) electrons. The Morgan fingerprint density at radius 3 is 2.59 bits per heavy atom. The van der Waals surface area contributed by atoms with Gasteiger partial charge in [0, 0.05) is 11.4 Å². The summed E-state index contributed by atoms with van der Waals surface area (Å²) in [6.45, 7) is 6.55. The SMILES string of the molecule is CCNC(=NCc1ccc(S(N)(=O)=O)s1)NC(C)c1ccc(C)c(F)c1.I. The van der Waals surface area contributed by atoms with Gasteiger partial charge in [-0.1, -0.05) is 12.1 Å². The van der Waals surface area contributed by atoms with Gasteiger partial charge in [0.1, 0.15) is 10.0 Å². The molecule has 0 bridgehead atoms. The summed E-state index contributed by atoms with van der Waals surface area (Å²) in [5.74, 6) is 0.318. The van der Waals surface area contributed by atoms with Crippen molar-refractivity contribution in [3.05, 3.63) is 52.2 Å². The molecule has 150 valence electrons. The summed E-state index contributed by atoms with van der Waals surface area (Å²) >= 11 is 1.09. The molecule has 0 aliphatic carbocycles. The number of benzene rings is 1. The molecule has 1 unspecified atom stereocenters. The van der Waals surface area contributed by atoms with Crippen molar-refractivity contribution in [3.63, 3.8) is 0 Å². The average molecular weight is 526 g/mol. The van der Waals surface area contributed by atoms with Gasteiger partial charge in [-0.15, -0.1) is 35.3 Å². The van der Waals surface area contributed by atoms with Gasteiger partial charge in [-0.3, -0.25) is 0 Å². The first-order chi connectivity index (χ1) is 12.2. The molecule has 1 atom stereocenters. The maximum atomic E-state index is 13.8. The van der Waals surface area contributed by atoms with Gasteiger partial charge in [0.2, 0.25) is 10.0 Å². The fourth-order valence-electron chi connectivity index (χ4n) is 2.24. The van der Waals surface area contributed by atoms with E-state index in [-0.39, 0.29) is 40.0 Å². The van der Waals surface area contributed by atoms with E-state index in [9.17, 15) is 12.8 Å². The summed E-state index contributed by atoms with van der Waals surface area (Å²) in [4.78, 5) is 5.24. The summed E-state index contributed by atoms with van der Waals surface area (Å²) in [6, 6.07) is 8.14. The normalized spacial score (nSPS) is 13.0. The molecule has 0 spiro atoms. The predicted octanol–water partition coefficient (Wildman–Crippen LogP) is 3.28. The maximum Gasteiger partial charge on any atom is 0.247 e. The molecule has 0 aliphatic rings. The van der Waals surface area contributed by atoms with Crippen molar-refractivity contribution in [2.75, 3.05) is 6.54 Å². The number of aliphatic imine (C=N–C) groups is 1. The van der Waals surface area contributed by atoms with Crippen molar-refractivity contribution >= 4 is 51.3 Å². The van der Waals surface area contributed by atoms with E-state index in [2.05, 4.69) is 15.6 Å². The largest absolute Gasteiger partial charge is 0.357 e. The van der Waals surface area contributed by atoms with Gasteiger partial charge in [-0.05, 0) is 50.1 Å². The molecule has 27 heavy (non-hydrogen) atoms. The number of aryl methyl sites for hydroxylation is 1. The quantitative estimate of drug-likeness (QED) is 0.306. The minimum Gasteiger partial charge on any atom is -0.357 e. The third kappa shape index (κ3) is 7.01. The number of halogens is 2. The summed E-state index contributed by atoms with van der Waals surface area (Å²) in [5.41, 5.74) is 1.41. The van der Waals surface area contributed by atoms with Crippen LogP contribution in [0.15, 0.2) is 39.5 Å². The molecule has 10 heteroatoms. The Morgan fingerprint density at radius 1 is 1.33 bits per heavy atom. The van der Waals surface area contributed by atoms with Crippen molar-refractivity contribution in [2.45, 2.75) is 37.6 Å². The Balaban J connectivity index is 0.00000364. The van der Waals surface area contributed by atoms with E-state index in [0.717, 1.165) is 21.8 Å². The monoisotopic (exact) mass is 526 g/mol. The summed E-state index contributed by atoms with van der Waals surface area (Å²) < 4.78 is 36.6. The second-order valence-corrected chi connectivity index (χ2v) is 8.79. The molecule has 0 aliphatic heterocycles. The van der Waals surface area contributed by atoms with Gasteiger partial charge >= 0.3 is 0 Å². The number of guanidine groups is 1. The van der Waals surface area contributed by atoms with Gasteiger partial charge in [-0.2, -0.15) is 0 Å². The highest BCUT2D eigenvalue weighted by molar-refractivity contribution is 14.0. The summed E-state index contributed by atoms with van der Waals surface area (Å²) in [7, 11) is -3.69. The standard InChI is InChI=1S/C17H23FN4O2S2.HI/c1-4-20-17(21-10-14-7-8-16(25-14)26(19,23)24)22-12(3)13-6-5-11(2)15(18)9-13;/h5-9,12H,4,10H2,1-3H3,(H2,19,23,24)(H2,20,21,22);1H. The van der Waals surface area contributed by atoms with Gasteiger partial charge in [0.25, 0.3) is 0 Å². The molecule has 1 heterocycles. The maximum absolute atomic E-state index is 13.8. The minimum absolute atomic E-state index is 0. The van der Waals surface area contributed by atoms with Crippen LogP contribution in [0.1, 0.15) is 35.9 Å². The molecule has 2 rings (SSSR count). The second-order valence-electron chi connectivity index (χ2n) is 5.84. The molecular weight excluding hydrogens is 502 g/mol. The lowest BCUT2D eigenvalue weighted by Gasteiger charge is -2.18. The highest BCUT2D eigenvalue weighted by Crippen LogP contribution is 2.21. The number of thiophene rings is 1. The summed E-state index contributed by atoms with van der Waals surface area (Å²) in [5, 5.41) is 11.5. The van der Waals surface area contributed by atoms with Crippen molar-refractivity contribution in [1.29, 1.82) is 0 Å². The van der Waals surface area contributed by atoms with Crippen molar-refractivity contribution < 1.29 is 12.8 Å². The van der Waals surface area contributed by atoms with Crippen LogP contribution in [0.2, 0.25) is 0 Å². The lowest BCUT2D eigenvalue weighted by Crippen LogP contribution is -2.38. The number of nitrogens with two attached hydrogens (primary N) is 1. The number of hydrogen-bond acceptors (Lipinski definition) is 4. The van der Waals surface area contributed by atoms with Crippen LogP contribution in [-0.2, 0) is 16.6 Å². The number of hydrogen-bond donors (Lipinski definition) is 3. The van der Waals surface area contributed by atoms with Gasteiger partial charge in [0.15, 0.2) is 5.96 Å². The van der Waals surface area contributed by atoms with Crippen LogP contribution in [0.4, 0.5) is 4.39 Å². The Labute approximate surface area is 180 Å². The number of nitrogens with one attached hydrogen (secondary N) is 2. The summed E-state index contributed by atoms with van der Waals surface area (Å²) in [6.07, 6.45) is 0. The van der Waals surface area contributed by atoms with Crippen LogP contribution in [0.5, 0.6) is 0 Å². The van der Waals surface area contributed by atoms with Gasteiger partial charge < -0.3 is 10.6 Å². The number of sulfonamides is 1. The van der Waals surface area contributed by atoms with Crippen molar-refractivity contribution in [1.82, 2.24) is 10.6 Å². The van der Waals surface area contributed by atoms with Crippen LogP contribution in [-0.4, -0.2) is 20.9 Å². The lowest BCUT2D eigenvalue weighted by molar-refractivity contribution is 0.599. The Bertz CT molecular complexity index is 900. The van der Waals surface area contributed by atoms with Crippen molar-refractivity contribution in [3.8, 4) is 0 Å². The topological polar surface area (TPSA) is 96.6 Å². The zero-order valence-corrected chi connectivity index (χ0v) is 19.3. The highest BCUT2D eigenvalue weighted by atomic mass is 127. The molecule has 2 aromatic rings. The number of primary sulfonamides is 1. The highest BCUT2D eigenvalue weighted by Gasteiger charge is 2.12. The second kappa shape index (κ2) is 10.3. The molecule has 0 saturated carbocycles. The molecule has 1 aromatic heterocycles. The Hall–Kier alpha value is -1.24. The van der Waals surface area contributed by atoms with E-state index in [4.69, 9.17) is 5.14 Å². The molecular formula is C17H24FIN4O2S2. The third-order valence-electron chi connectivity index (χ3n) is 3.70. The number of nitrogens with zero attached hydrogens (tertiary/aromatic N) is 1. The minimum atomic E-state index is -3.69. The van der Waals surface area contributed by atoms with E-state index in [1.54, 1.807) is 19.1 Å². The zero-order valence-electron chi connectivity index (χ0n) is 15.3. The Morgan fingerprint density at radius 2 is 2.04 bits per heavy atom. The van der Waals surface area contributed by atoms with E-state index in [1.807, 2.05) is 19.9 Å². The first-order valence-corrected chi connectivity index (χ1v) is 10.5. The van der Waals surface area contributed by atoms with Gasteiger partial charge in [-0.25, -0.2) is 22.9 Å². The molecule has 1 aromatic carbocycles. The fraction of sp³-hybridized carbons (Fsp3) is 0.353. The van der Waals surface area contributed by atoms with Crippen LogP contribution >= 0.6 is 35.3 Å². The fourth-order valence-corrected chi connectivity index (χ4v) is 3.94. The first kappa shape index (κ1) is 23.8. The average Bonchev–Trinajstić information content (AvgIpc) is 3.04. The van der Waals surface area contributed by atoms with E-state index < -0.39 is 10.0 Å². The molecule has 0 amide bonds. The molecule has 4 N–H and O–H groups in total. The van der Waals surface area contributed by atoms with E-state index >= 15 is 0 Å². The zero-order chi connectivity index (χ0) is 19.3. The first-order valence-electron chi connectivity index (χ1n) is 8.13. The van der Waals surface area contributed by atoms with Crippen LogP contribution in [0, 0.1) is 12.7 Å². The van der Waals surface area contributed by atoms with Gasteiger partial charge in [0.05, 0.1) is 12.6 Å². The van der Waals surface area contributed by atoms with Crippen molar-refractivity contribution in [2.24, 2.45) is 10.1 Å². The smallest absolute Gasteiger partial charge is 0.247 e. The van der Waals surface area contributed by atoms with Crippen LogP contribution in [0.3, 0.4) is 0 Å². The molecule has 0 saturated heterocycles. The van der Waals surface area contributed by atoms with E-state index in [0.29, 0.717) is 24.6 Å². The predicted molar refractivity (Wildman–Crippen MR) is 119 cm³/mol. The van der Waals surface area contributed by atoms with Crippen LogP contribution < -0.4 is 15.8 Å². The van der Waals surface area contributed by atoms with E-state index in [1.165, 1.54) is 12.1 Å². The lowest BCUT2D eigenvalue weighted by atomic mass is 10.1. The molecule has 0 fully saturated rings. The molecule has 6 nitrogen and oxygen atoms in total. The Kier molecular flexibility index (Phi) is 9.12. The third-order valence-corrected chi connectivity index (χ3v) is 6.21.